The second-order valence-electron chi connectivity index (χ2n) is 2.99. The van der Waals surface area contributed by atoms with Crippen molar-refractivity contribution in [1.82, 2.24) is 20.3 Å². The lowest BCUT2D eigenvalue weighted by Gasteiger charge is -1.98. The van der Waals surface area contributed by atoms with Crippen LogP contribution in [-0.2, 0) is 6.54 Å². The summed E-state index contributed by atoms with van der Waals surface area (Å²) >= 11 is 0. The Kier molecular flexibility index (Phi) is 4.49. The molecule has 0 aliphatic heterocycles. The maximum absolute atomic E-state index is 11.4. The molecule has 0 bridgehead atoms. The number of carbonyl (C=O) groups excluding carboxylic acids is 1. The number of nitrogens with zero attached hydrogens (tertiary/aromatic N) is 3. The van der Waals surface area contributed by atoms with Gasteiger partial charge in [-0.25, -0.2) is 0 Å². The summed E-state index contributed by atoms with van der Waals surface area (Å²) in [5.41, 5.74) is 5.66. The SMILES string of the molecule is C=CCCNC(=O)c1cn(CCN)nn1. The standard InChI is InChI=1S/C9H15N5O/c1-2-3-5-11-9(15)8-7-14(6-4-10)13-12-8/h2,7H,1,3-6,10H2,(H,11,15). The number of amides is 1. The quantitative estimate of drug-likeness (QED) is 0.490. The summed E-state index contributed by atoms with van der Waals surface area (Å²) < 4.78 is 1.54. The highest BCUT2D eigenvalue weighted by molar-refractivity contribution is 5.91. The molecular weight excluding hydrogens is 194 g/mol. The number of hydrogen-bond donors (Lipinski definition) is 2. The minimum Gasteiger partial charge on any atom is -0.350 e. The molecular formula is C9H15N5O. The predicted octanol–water partition coefficient (Wildman–Crippen LogP) is -0.457. The summed E-state index contributed by atoms with van der Waals surface area (Å²) in [6.45, 7) is 5.16. The van der Waals surface area contributed by atoms with Gasteiger partial charge >= 0.3 is 0 Å². The van der Waals surface area contributed by atoms with Gasteiger partial charge in [-0.3, -0.25) is 9.48 Å². The summed E-state index contributed by atoms with van der Waals surface area (Å²) in [6, 6.07) is 0. The van der Waals surface area contributed by atoms with Crippen LogP contribution in [0.4, 0.5) is 0 Å². The van der Waals surface area contributed by atoms with E-state index in [9.17, 15) is 4.79 Å². The van der Waals surface area contributed by atoms with Crippen LogP contribution in [0.5, 0.6) is 0 Å². The van der Waals surface area contributed by atoms with Crippen LogP contribution in [0.15, 0.2) is 18.9 Å². The number of hydrogen-bond acceptors (Lipinski definition) is 4. The Morgan fingerprint density at radius 1 is 1.73 bits per heavy atom. The molecule has 0 aromatic carbocycles. The normalized spacial score (nSPS) is 9.93. The molecule has 0 spiro atoms. The molecule has 6 nitrogen and oxygen atoms in total. The van der Waals surface area contributed by atoms with Gasteiger partial charge in [0.05, 0.1) is 12.7 Å². The van der Waals surface area contributed by atoms with E-state index in [1.54, 1.807) is 17.0 Å². The molecule has 0 radical (unpaired) electrons. The first-order chi connectivity index (χ1) is 7.27. The average Bonchev–Trinajstić information content (AvgIpc) is 2.67. The Balaban J connectivity index is 2.46. The van der Waals surface area contributed by atoms with Crippen LogP contribution in [0, 0.1) is 0 Å². The zero-order valence-corrected chi connectivity index (χ0v) is 8.52. The number of aromatic nitrogens is 3. The molecule has 0 saturated heterocycles. The largest absolute Gasteiger partial charge is 0.350 e. The van der Waals surface area contributed by atoms with Crippen molar-refractivity contribution in [3.05, 3.63) is 24.5 Å². The maximum Gasteiger partial charge on any atom is 0.273 e. The Bertz CT molecular complexity index is 333. The topological polar surface area (TPSA) is 85.8 Å². The summed E-state index contributed by atoms with van der Waals surface area (Å²) in [7, 11) is 0. The van der Waals surface area contributed by atoms with Crippen LogP contribution in [-0.4, -0.2) is 34.0 Å². The summed E-state index contributed by atoms with van der Waals surface area (Å²) in [5, 5.41) is 10.2. The summed E-state index contributed by atoms with van der Waals surface area (Å²) in [4.78, 5) is 11.4. The van der Waals surface area contributed by atoms with Gasteiger partial charge in [0.25, 0.3) is 5.91 Å². The van der Waals surface area contributed by atoms with Gasteiger partial charge < -0.3 is 11.1 Å². The number of nitrogens with two attached hydrogens (primary N) is 1. The molecule has 1 heterocycles. The van der Waals surface area contributed by atoms with Crippen LogP contribution < -0.4 is 11.1 Å². The number of carbonyl (C=O) groups is 1. The zero-order chi connectivity index (χ0) is 11.1. The van der Waals surface area contributed by atoms with E-state index in [2.05, 4.69) is 22.2 Å². The van der Waals surface area contributed by atoms with E-state index in [0.29, 0.717) is 25.3 Å². The van der Waals surface area contributed by atoms with Crippen molar-refractivity contribution in [2.45, 2.75) is 13.0 Å². The fraction of sp³-hybridized carbons (Fsp3) is 0.444. The van der Waals surface area contributed by atoms with E-state index in [1.165, 1.54) is 0 Å². The van der Waals surface area contributed by atoms with Gasteiger partial charge in [0.2, 0.25) is 0 Å². The molecule has 0 saturated carbocycles. The van der Waals surface area contributed by atoms with Crippen molar-refractivity contribution in [2.75, 3.05) is 13.1 Å². The van der Waals surface area contributed by atoms with Crippen molar-refractivity contribution in [2.24, 2.45) is 5.73 Å². The first-order valence-corrected chi connectivity index (χ1v) is 4.77. The van der Waals surface area contributed by atoms with E-state index < -0.39 is 0 Å². The lowest BCUT2D eigenvalue weighted by Crippen LogP contribution is -2.24. The highest BCUT2D eigenvalue weighted by Gasteiger charge is 2.08. The zero-order valence-electron chi connectivity index (χ0n) is 8.52. The number of rotatable bonds is 6. The Hall–Kier alpha value is -1.69. The van der Waals surface area contributed by atoms with Crippen LogP contribution in [0.3, 0.4) is 0 Å². The molecule has 0 aliphatic carbocycles. The van der Waals surface area contributed by atoms with E-state index in [4.69, 9.17) is 5.73 Å². The molecule has 1 rings (SSSR count). The molecule has 0 aliphatic rings. The van der Waals surface area contributed by atoms with Crippen molar-refractivity contribution in [3.8, 4) is 0 Å². The van der Waals surface area contributed by atoms with Crippen molar-refractivity contribution in [3.63, 3.8) is 0 Å². The molecule has 1 aromatic rings. The molecule has 3 N–H and O–H groups in total. The molecule has 15 heavy (non-hydrogen) atoms. The predicted molar refractivity (Wildman–Crippen MR) is 56.2 cm³/mol. The minimum atomic E-state index is -0.222. The van der Waals surface area contributed by atoms with Crippen LogP contribution in [0.25, 0.3) is 0 Å². The Morgan fingerprint density at radius 3 is 3.20 bits per heavy atom. The van der Waals surface area contributed by atoms with Gasteiger partial charge in [-0.15, -0.1) is 11.7 Å². The molecule has 1 amide bonds. The molecule has 6 heteroatoms. The molecule has 0 unspecified atom stereocenters. The van der Waals surface area contributed by atoms with E-state index in [-0.39, 0.29) is 5.91 Å². The van der Waals surface area contributed by atoms with Gasteiger partial charge in [-0.2, -0.15) is 0 Å². The first-order valence-electron chi connectivity index (χ1n) is 4.77. The smallest absolute Gasteiger partial charge is 0.273 e. The van der Waals surface area contributed by atoms with E-state index in [0.717, 1.165) is 6.42 Å². The minimum absolute atomic E-state index is 0.222. The average molecular weight is 209 g/mol. The first kappa shape index (κ1) is 11.4. The highest BCUT2D eigenvalue weighted by Crippen LogP contribution is 1.92. The molecule has 0 fully saturated rings. The van der Waals surface area contributed by atoms with Gasteiger partial charge in [-0.05, 0) is 6.42 Å². The monoisotopic (exact) mass is 209 g/mol. The highest BCUT2D eigenvalue weighted by atomic mass is 16.1. The van der Waals surface area contributed by atoms with Crippen molar-refractivity contribution >= 4 is 5.91 Å². The third-order valence-electron chi connectivity index (χ3n) is 1.76. The lowest BCUT2D eigenvalue weighted by atomic mass is 10.4. The maximum atomic E-state index is 11.4. The fourth-order valence-corrected chi connectivity index (χ4v) is 1.02. The van der Waals surface area contributed by atoms with Crippen LogP contribution >= 0.6 is 0 Å². The molecule has 1 aromatic heterocycles. The van der Waals surface area contributed by atoms with Crippen molar-refractivity contribution < 1.29 is 4.79 Å². The van der Waals surface area contributed by atoms with Crippen LogP contribution in [0.2, 0.25) is 0 Å². The Labute approximate surface area is 88.1 Å². The third-order valence-corrected chi connectivity index (χ3v) is 1.76. The second-order valence-corrected chi connectivity index (χ2v) is 2.99. The summed E-state index contributed by atoms with van der Waals surface area (Å²) in [6.07, 6.45) is 4.06. The molecule has 82 valence electrons. The van der Waals surface area contributed by atoms with Crippen LogP contribution in [0.1, 0.15) is 16.9 Å². The second kappa shape index (κ2) is 5.92. The van der Waals surface area contributed by atoms with Gasteiger partial charge in [0, 0.05) is 13.1 Å². The van der Waals surface area contributed by atoms with E-state index >= 15 is 0 Å². The molecule has 0 atom stereocenters. The van der Waals surface area contributed by atoms with Gasteiger partial charge in [0.1, 0.15) is 0 Å². The van der Waals surface area contributed by atoms with Gasteiger partial charge in [0.15, 0.2) is 5.69 Å². The summed E-state index contributed by atoms with van der Waals surface area (Å²) in [5.74, 6) is -0.222. The van der Waals surface area contributed by atoms with E-state index in [1.807, 2.05) is 0 Å². The Morgan fingerprint density at radius 2 is 2.53 bits per heavy atom. The lowest BCUT2D eigenvalue weighted by molar-refractivity contribution is 0.0949. The fourth-order valence-electron chi connectivity index (χ4n) is 1.02. The number of nitrogens with one attached hydrogen (secondary N) is 1. The van der Waals surface area contributed by atoms with Gasteiger partial charge in [-0.1, -0.05) is 11.3 Å². The van der Waals surface area contributed by atoms with Crippen molar-refractivity contribution in [1.29, 1.82) is 0 Å². The third kappa shape index (κ3) is 3.51.